The maximum Gasteiger partial charge on any atom is 0.180 e. The fraction of sp³-hybridized carbons (Fsp3) is 0.438. The quantitative estimate of drug-likeness (QED) is 0.882. The van der Waals surface area contributed by atoms with Crippen LogP contribution in [-0.4, -0.2) is 32.5 Å². The molecular weight excluding hydrogens is 280 g/mol. The fourth-order valence-electron chi connectivity index (χ4n) is 1.75. The lowest BCUT2D eigenvalue weighted by molar-refractivity contribution is 0.749. The van der Waals surface area contributed by atoms with Gasteiger partial charge in [-0.2, -0.15) is 11.8 Å². The van der Waals surface area contributed by atoms with Crippen LogP contribution in [0.2, 0.25) is 0 Å². The van der Waals surface area contributed by atoms with Crippen molar-refractivity contribution in [3.05, 3.63) is 36.2 Å². The SMILES string of the molecule is CCc1cc(NCC(C)(C)SC)nc(-c2ccccn2)n1. The highest BCUT2D eigenvalue weighted by Crippen LogP contribution is 2.22. The Kier molecular flexibility index (Phi) is 5.17. The molecule has 0 aromatic carbocycles. The van der Waals surface area contributed by atoms with Gasteiger partial charge >= 0.3 is 0 Å². The minimum absolute atomic E-state index is 0.169. The Bertz CT molecular complexity index is 584. The van der Waals surface area contributed by atoms with Crippen molar-refractivity contribution in [1.29, 1.82) is 0 Å². The van der Waals surface area contributed by atoms with Crippen molar-refractivity contribution in [2.75, 3.05) is 18.1 Å². The molecule has 1 N–H and O–H groups in total. The third-order valence-electron chi connectivity index (χ3n) is 3.28. The molecule has 0 unspecified atom stereocenters. The van der Waals surface area contributed by atoms with E-state index in [-0.39, 0.29) is 4.75 Å². The summed E-state index contributed by atoms with van der Waals surface area (Å²) in [5.74, 6) is 1.55. The Labute approximate surface area is 130 Å². The number of aryl methyl sites for hydroxylation is 1. The third-order valence-corrected chi connectivity index (χ3v) is 4.53. The van der Waals surface area contributed by atoms with E-state index in [9.17, 15) is 0 Å². The van der Waals surface area contributed by atoms with E-state index >= 15 is 0 Å². The van der Waals surface area contributed by atoms with Gasteiger partial charge in [-0.25, -0.2) is 9.97 Å². The first-order chi connectivity index (χ1) is 10.0. The van der Waals surface area contributed by atoms with Crippen LogP contribution in [0.1, 0.15) is 26.5 Å². The molecule has 5 heteroatoms. The molecule has 2 aromatic rings. The van der Waals surface area contributed by atoms with E-state index in [0.717, 1.165) is 30.2 Å². The van der Waals surface area contributed by atoms with Crippen molar-refractivity contribution in [3.8, 4) is 11.5 Å². The molecular formula is C16H22N4S. The number of aromatic nitrogens is 3. The molecule has 0 aliphatic carbocycles. The first kappa shape index (κ1) is 15.8. The van der Waals surface area contributed by atoms with Gasteiger partial charge in [0.1, 0.15) is 11.5 Å². The predicted octanol–water partition coefficient (Wildman–Crippen LogP) is 3.65. The standard InChI is InChI=1S/C16H22N4S/c1-5-12-10-14(18-11-16(2,3)21-4)20-15(19-12)13-8-6-7-9-17-13/h6-10H,5,11H2,1-4H3,(H,18,19,20). The highest BCUT2D eigenvalue weighted by atomic mass is 32.2. The second kappa shape index (κ2) is 6.89. The van der Waals surface area contributed by atoms with Crippen LogP contribution in [-0.2, 0) is 6.42 Å². The lowest BCUT2D eigenvalue weighted by Gasteiger charge is -2.22. The number of thioether (sulfide) groups is 1. The Hall–Kier alpha value is -1.62. The number of hydrogen-bond donors (Lipinski definition) is 1. The molecule has 0 aliphatic rings. The van der Waals surface area contributed by atoms with E-state index in [4.69, 9.17) is 0 Å². The topological polar surface area (TPSA) is 50.7 Å². The summed E-state index contributed by atoms with van der Waals surface area (Å²) >= 11 is 1.84. The molecule has 4 nitrogen and oxygen atoms in total. The van der Waals surface area contributed by atoms with Crippen molar-refractivity contribution >= 4 is 17.6 Å². The third kappa shape index (κ3) is 4.43. The zero-order chi connectivity index (χ0) is 15.3. The van der Waals surface area contributed by atoms with Crippen LogP contribution in [0, 0.1) is 0 Å². The van der Waals surface area contributed by atoms with Crippen LogP contribution >= 0.6 is 11.8 Å². The molecule has 0 spiro atoms. The van der Waals surface area contributed by atoms with Gasteiger partial charge in [-0.1, -0.05) is 13.0 Å². The second-order valence-corrected chi connectivity index (χ2v) is 6.97. The summed E-state index contributed by atoms with van der Waals surface area (Å²) < 4.78 is 0.169. The monoisotopic (exact) mass is 302 g/mol. The molecule has 0 atom stereocenters. The molecule has 2 aromatic heterocycles. The van der Waals surface area contributed by atoms with Gasteiger partial charge in [-0.15, -0.1) is 0 Å². The Morgan fingerprint density at radius 1 is 1.24 bits per heavy atom. The van der Waals surface area contributed by atoms with E-state index in [2.05, 4.69) is 47.3 Å². The largest absolute Gasteiger partial charge is 0.369 e. The number of rotatable bonds is 6. The zero-order valence-electron chi connectivity index (χ0n) is 13.1. The number of anilines is 1. The zero-order valence-corrected chi connectivity index (χ0v) is 13.9. The molecule has 2 heterocycles. The van der Waals surface area contributed by atoms with Crippen molar-refractivity contribution < 1.29 is 0 Å². The van der Waals surface area contributed by atoms with Crippen LogP contribution in [0.25, 0.3) is 11.5 Å². The van der Waals surface area contributed by atoms with Crippen LogP contribution in [0.4, 0.5) is 5.82 Å². The number of hydrogen-bond acceptors (Lipinski definition) is 5. The molecule has 0 aliphatic heterocycles. The van der Waals surface area contributed by atoms with Gasteiger partial charge in [0.05, 0.1) is 0 Å². The molecule has 0 fully saturated rings. The van der Waals surface area contributed by atoms with E-state index in [0.29, 0.717) is 5.82 Å². The van der Waals surface area contributed by atoms with E-state index in [1.165, 1.54) is 0 Å². The number of pyridine rings is 1. The van der Waals surface area contributed by atoms with Gasteiger partial charge in [0.2, 0.25) is 0 Å². The van der Waals surface area contributed by atoms with Gasteiger partial charge in [-0.05, 0) is 38.7 Å². The molecule has 0 amide bonds. The molecule has 2 rings (SSSR count). The van der Waals surface area contributed by atoms with Crippen LogP contribution < -0.4 is 5.32 Å². The van der Waals surface area contributed by atoms with Crippen molar-refractivity contribution in [3.63, 3.8) is 0 Å². The molecule has 0 saturated heterocycles. The van der Waals surface area contributed by atoms with Crippen molar-refractivity contribution in [1.82, 2.24) is 15.0 Å². The van der Waals surface area contributed by atoms with E-state index in [1.807, 2.05) is 36.0 Å². The summed E-state index contributed by atoms with van der Waals surface area (Å²) in [6.45, 7) is 7.38. The second-order valence-electron chi connectivity index (χ2n) is 5.45. The number of nitrogens with zero attached hydrogens (tertiary/aromatic N) is 3. The summed E-state index contributed by atoms with van der Waals surface area (Å²) in [5.41, 5.74) is 1.83. The van der Waals surface area contributed by atoms with Crippen molar-refractivity contribution in [2.45, 2.75) is 31.9 Å². The Balaban J connectivity index is 2.26. The average Bonchev–Trinajstić information content (AvgIpc) is 2.53. The van der Waals surface area contributed by atoms with Crippen molar-refractivity contribution in [2.24, 2.45) is 0 Å². The number of nitrogens with one attached hydrogen (secondary N) is 1. The molecule has 21 heavy (non-hydrogen) atoms. The minimum Gasteiger partial charge on any atom is -0.369 e. The molecule has 0 saturated carbocycles. The first-order valence-electron chi connectivity index (χ1n) is 7.12. The van der Waals surface area contributed by atoms with Gasteiger partial charge in [0.15, 0.2) is 5.82 Å². The first-order valence-corrected chi connectivity index (χ1v) is 8.35. The Morgan fingerprint density at radius 3 is 2.67 bits per heavy atom. The van der Waals surface area contributed by atoms with E-state index < -0.39 is 0 Å². The van der Waals surface area contributed by atoms with Crippen LogP contribution in [0.3, 0.4) is 0 Å². The highest BCUT2D eigenvalue weighted by Gasteiger charge is 2.16. The van der Waals surface area contributed by atoms with Gasteiger partial charge in [0, 0.05) is 29.2 Å². The molecule has 0 radical (unpaired) electrons. The summed E-state index contributed by atoms with van der Waals surface area (Å²) in [6.07, 6.45) is 4.77. The molecule has 112 valence electrons. The summed E-state index contributed by atoms with van der Waals surface area (Å²) in [6, 6.07) is 7.80. The van der Waals surface area contributed by atoms with Crippen LogP contribution in [0.15, 0.2) is 30.5 Å². The maximum absolute atomic E-state index is 4.59. The maximum atomic E-state index is 4.59. The lowest BCUT2D eigenvalue weighted by Crippen LogP contribution is -2.26. The summed E-state index contributed by atoms with van der Waals surface area (Å²) in [7, 11) is 0. The smallest absolute Gasteiger partial charge is 0.180 e. The van der Waals surface area contributed by atoms with Gasteiger partial charge in [0.25, 0.3) is 0 Å². The normalized spacial score (nSPS) is 11.4. The lowest BCUT2D eigenvalue weighted by atomic mass is 10.2. The minimum atomic E-state index is 0.169. The molecule has 0 bridgehead atoms. The van der Waals surface area contributed by atoms with Gasteiger partial charge < -0.3 is 5.32 Å². The highest BCUT2D eigenvalue weighted by molar-refractivity contribution is 7.99. The van der Waals surface area contributed by atoms with Gasteiger partial charge in [-0.3, -0.25) is 4.98 Å². The summed E-state index contributed by atoms with van der Waals surface area (Å²) in [5, 5.41) is 3.42. The average molecular weight is 302 g/mol. The summed E-state index contributed by atoms with van der Waals surface area (Å²) in [4.78, 5) is 13.5. The van der Waals surface area contributed by atoms with Crippen LogP contribution in [0.5, 0.6) is 0 Å². The predicted molar refractivity (Wildman–Crippen MR) is 90.7 cm³/mol. The fourth-order valence-corrected chi connectivity index (χ4v) is 1.97. The Morgan fingerprint density at radius 2 is 2.05 bits per heavy atom. The van der Waals surface area contributed by atoms with E-state index in [1.54, 1.807) is 6.20 Å².